The van der Waals surface area contributed by atoms with E-state index >= 15 is 0 Å². The van der Waals surface area contributed by atoms with Crippen LogP contribution in [0.4, 0.5) is 0 Å². The number of hydrogen-bond donors (Lipinski definition) is 1. The van der Waals surface area contributed by atoms with Gasteiger partial charge in [0.2, 0.25) is 0 Å². The lowest BCUT2D eigenvalue weighted by molar-refractivity contribution is 0.100. The molecule has 0 bridgehead atoms. The molecule has 2 unspecified atom stereocenters. The second-order valence-corrected chi connectivity index (χ2v) is 6.68. The SMILES string of the molecule is CCS(=O)(=O)CCC1CCCC(O)C1. The Labute approximate surface area is 86.4 Å². The molecule has 0 heterocycles. The minimum absolute atomic E-state index is 0.196. The molecule has 3 nitrogen and oxygen atoms in total. The Hall–Kier alpha value is -0.0900. The second kappa shape index (κ2) is 5.12. The zero-order chi connectivity index (χ0) is 10.6. The van der Waals surface area contributed by atoms with Gasteiger partial charge in [0.15, 0.2) is 0 Å². The first-order valence-electron chi connectivity index (χ1n) is 5.42. The highest BCUT2D eigenvalue weighted by Gasteiger charge is 2.21. The Morgan fingerprint density at radius 2 is 2.07 bits per heavy atom. The summed E-state index contributed by atoms with van der Waals surface area (Å²) < 4.78 is 22.5. The largest absolute Gasteiger partial charge is 0.393 e. The molecule has 0 aromatic carbocycles. The maximum Gasteiger partial charge on any atom is 0.150 e. The van der Waals surface area contributed by atoms with Gasteiger partial charge in [-0.05, 0) is 25.2 Å². The maximum absolute atomic E-state index is 11.3. The van der Waals surface area contributed by atoms with E-state index in [0.29, 0.717) is 11.7 Å². The summed E-state index contributed by atoms with van der Waals surface area (Å²) in [6.45, 7) is 1.69. The van der Waals surface area contributed by atoms with E-state index in [-0.39, 0.29) is 11.9 Å². The fourth-order valence-corrected chi connectivity index (χ4v) is 3.00. The van der Waals surface area contributed by atoms with E-state index in [4.69, 9.17) is 0 Å². The zero-order valence-corrected chi connectivity index (χ0v) is 9.59. The monoisotopic (exact) mass is 220 g/mol. The summed E-state index contributed by atoms with van der Waals surface area (Å²) in [6.07, 6.45) is 4.33. The van der Waals surface area contributed by atoms with Crippen molar-refractivity contribution in [2.75, 3.05) is 11.5 Å². The van der Waals surface area contributed by atoms with Crippen molar-refractivity contribution in [1.29, 1.82) is 0 Å². The van der Waals surface area contributed by atoms with Gasteiger partial charge in [0, 0.05) is 5.75 Å². The van der Waals surface area contributed by atoms with Crippen LogP contribution in [0.25, 0.3) is 0 Å². The van der Waals surface area contributed by atoms with Gasteiger partial charge in [0.05, 0.1) is 11.9 Å². The lowest BCUT2D eigenvalue weighted by Crippen LogP contribution is -2.22. The highest BCUT2D eigenvalue weighted by Crippen LogP contribution is 2.27. The molecule has 0 amide bonds. The van der Waals surface area contributed by atoms with Crippen LogP contribution in [-0.2, 0) is 9.84 Å². The molecule has 4 heteroatoms. The Morgan fingerprint density at radius 1 is 1.36 bits per heavy atom. The van der Waals surface area contributed by atoms with Crippen molar-refractivity contribution in [3.05, 3.63) is 0 Å². The van der Waals surface area contributed by atoms with Gasteiger partial charge in [0.1, 0.15) is 9.84 Å². The summed E-state index contributed by atoms with van der Waals surface area (Å²) in [5.41, 5.74) is 0. The third-order valence-electron chi connectivity index (χ3n) is 3.03. The molecule has 1 N–H and O–H groups in total. The van der Waals surface area contributed by atoms with Crippen LogP contribution >= 0.6 is 0 Å². The Bertz CT molecular complexity index is 259. The number of aliphatic hydroxyl groups excluding tert-OH is 1. The molecule has 1 aliphatic carbocycles. The van der Waals surface area contributed by atoms with Crippen LogP contribution in [0.5, 0.6) is 0 Å². The lowest BCUT2D eigenvalue weighted by Gasteiger charge is -2.25. The molecule has 1 aliphatic rings. The third-order valence-corrected chi connectivity index (χ3v) is 4.77. The van der Waals surface area contributed by atoms with Gasteiger partial charge in [-0.2, -0.15) is 0 Å². The van der Waals surface area contributed by atoms with Crippen molar-refractivity contribution in [1.82, 2.24) is 0 Å². The molecule has 14 heavy (non-hydrogen) atoms. The number of rotatable bonds is 4. The maximum atomic E-state index is 11.3. The molecule has 0 spiro atoms. The smallest absolute Gasteiger partial charge is 0.150 e. The standard InChI is InChI=1S/C10H20O3S/c1-2-14(12,13)7-6-9-4-3-5-10(11)8-9/h9-11H,2-8H2,1H3. The van der Waals surface area contributed by atoms with Gasteiger partial charge in [-0.15, -0.1) is 0 Å². The van der Waals surface area contributed by atoms with Gasteiger partial charge >= 0.3 is 0 Å². The number of aliphatic hydroxyl groups is 1. The molecular formula is C10H20O3S. The van der Waals surface area contributed by atoms with E-state index in [2.05, 4.69) is 0 Å². The van der Waals surface area contributed by atoms with E-state index in [9.17, 15) is 13.5 Å². The molecule has 1 saturated carbocycles. The average molecular weight is 220 g/mol. The van der Waals surface area contributed by atoms with Crippen molar-refractivity contribution in [3.8, 4) is 0 Å². The summed E-state index contributed by atoms with van der Waals surface area (Å²) in [7, 11) is -2.82. The van der Waals surface area contributed by atoms with Crippen molar-refractivity contribution >= 4 is 9.84 Å². The van der Waals surface area contributed by atoms with E-state index in [1.807, 2.05) is 0 Å². The fraction of sp³-hybridized carbons (Fsp3) is 1.00. The van der Waals surface area contributed by atoms with E-state index in [1.165, 1.54) is 0 Å². The number of sulfone groups is 1. The van der Waals surface area contributed by atoms with Crippen molar-refractivity contribution in [2.45, 2.75) is 45.1 Å². The minimum Gasteiger partial charge on any atom is -0.393 e. The Balaban J connectivity index is 2.31. The van der Waals surface area contributed by atoms with E-state index in [0.717, 1.165) is 32.1 Å². The predicted octanol–water partition coefficient (Wildman–Crippen LogP) is 1.36. The molecule has 2 atom stereocenters. The van der Waals surface area contributed by atoms with Crippen LogP contribution in [0.15, 0.2) is 0 Å². The van der Waals surface area contributed by atoms with Gasteiger partial charge in [-0.3, -0.25) is 0 Å². The van der Waals surface area contributed by atoms with Gasteiger partial charge < -0.3 is 5.11 Å². The normalized spacial score (nSPS) is 29.0. The molecular weight excluding hydrogens is 200 g/mol. The van der Waals surface area contributed by atoms with Crippen molar-refractivity contribution < 1.29 is 13.5 Å². The lowest BCUT2D eigenvalue weighted by atomic mass is 9.86. The minimum atomic E-state index is -2.82. The first-order chi connectivity index (χ1) is 6.53. The molecule has 1 rings (SSSR count). The molecule has 0 saturated heterocycles. The molecule has 1 fully saturated rings. The van der Waals surface area contributed by atoms with E-state index < -0.39 is 9.84 Å². The molecule has 0 aromatic rings. The average Bonchev–Trinajstić information content (AvgIpc) is 2.15. The first-order valence-corrected chi connectivity index (χ1v) is 7.24. The van der Waals surface area contributed by atoms with Crippen LogP contribution in [0.3, 0.4) is 0 Å². The van der Waals surface area contributed by atoms with Crippen LogP contribution < -0.4 is 0 Å². The Kier molecular flexibility index (Phi) is 4.38. The summed E-state index contributed by atoms with van der Waals surface area (Å²) in [5, 5.41) is 9.42. The van der Waals surface area contributed by atoms with Crippen LogP contribution in [0, 0.1) is 5.92 Å². The summed E-state index contributed by atoms with van der Waals surface area (Å²) >= 11 is 0. The third kappa shape index (κ3) is 3.96. The van der Waals surface area contributed by atoms with Gasteiger partial charge in [0.25, 0.3) is 0 Å². The summed E-state index contributed by atoms with van der Waals surface area (Å²) in [4.78, 5) is 0. The Morgan fingerprint density at radius 3 is 2.64 bits per heavy atom. The van der Waals surface area contributed by atoms with Gasteiger partial charge in [-0.1, -0.05) is 19.8 Å². The number of hydrogen-bond acceptors (Lipinski definition) is 3. The van der Waals surface area contributed by atoms with Crippen LogP contribution in [0.2, 0.25) is 0 Å². The molecule has 0 radical (unpaired) electrons. The fourth-order valence-electron chi connectivity index (χ4n) is 2.02. The summed E-state index contributed by atoms with van der Waals surface area (Å²) in [6, 6.07) is 0. The van der Waals surface area contributed by atoms with Crippen LogP contribution in [-0.4, -0.2) is 31.1 Å². The van der Waals surface area contributed by atoms with Crippen molar-refractivity contribution in [2.24, 2.45) is 5.92 Å². The zero-order valence-electron chi connectivity index (χ0n) is 8.78. The highest BCUT2D eigenvalue weighted by atomic mass is 32.2. The first kappa shape index (κ1) is 12.0. The topological polar surface area (TPSA) is 54.4 Å². The molecule has 84 valence electrons. The van der Waals surface area contributed by atoms with Gasteiger partial charge in [-0.25, -0.2) is 8.42 Å². The quantitative estimate of drug-likeness (QED) is 0.778. The van der Waals surface area contributed by atoms with E-state index in [1.54, 1.807) is 6.92 Å². The summed E-state index contributed by atoms with van der Waals surface area (Å²) in [5.74, 6) is 0.948. The molecule has 0 aliphatic heterocycles. The van der Waals surface area contributed by atoms with Crippen LogP contribution in [0.1, 0.15) is 39.0 Å². The highest BCUT2D eigenvalue weighted by molar-refractivity contribution is 7.91. The molecule has 0 aromatic heterocycles. The second-order valence-electron chi connectivity index (χ2n) is 4.21. The predicted molar refractivity (Wildman–Crippen MR) is 56.9 cm³/mol. The van der Waals surface area contributed by atoms with Crippen molar-refractivity contribution in [3.63, 3.8) is 0 Å².